The van der Waals surface area contributed by atoms with E-state index < -0.39 is 5.91 Å². The molecule has 5 rings (SSSR count). The first-order chi connectivity index (χ1) is 18.6. The van der Waals surface area contributed by atoms with E-state index in [0.717, 1.165) is 11.3 Å². The Bertz CT molecular complexity index is 1420. The molecule has 0 aromatic heterocycles. The summed E-state index contributed by atoms with van der Waals surface area (Å²) in [5.41, 5.74) is 0.892. The number of amides is 1. The lowest BCUT2D eigenvalue weighted by Crippen LogP contribution is -2.35. The number of carbonyl (C=O) groups is 1. The van der Waals surface area contributed by atoms with E-state index >= 15 is 0 Å². The number of aliphatic imine (C=N–C) groups is 1. The molecule has 38 heavy (non-hydrogen) atoms. The monoisotopic (exact) mass is 528 g/mol. The summed E-state index contributed by atoms with van der Waals surface area (Å²) in [4.78, 5) is 16.8. The van der Waals surface area contributed by atoms with Crippen molar-refractivity contribution in [2.75, 3.05) is 26.9 Å². The van der Waals surface area contributed by atoms with Crippen LogP contribution in [0, 0.1) is 5.41 Å². The molecular weight excluding hydrogens is 504 g/mol. The Kier molecular flexibility index (Phi) is 7.70. The number of hydrogen-bond acceptors (Lipinski definition) is 8. The number of benzene rings is 3. The van der Waals surface area contributed by atoms with Crippen molar-refractivity contribution in [3.63, 3.8) is 0 Å². The summed E-state index contributed by atoms with van der Waals surface area (Å²) in [6.45, 7) is 0.952. The Morgan fingerprint density at radius 1 is 0.868 bits per heavy atom. The maximum absolute atomic E-state index is 12.7. The first-order valence-corrected chi connectivity index (χ1v) is 12.6. The molecule has 9 nitrogen and oxygen atoms in total. The van der Waals surface area contributed by atoms with E-state index in [0.29, 0.717) is 40.7 Å². The number of methoxy groups -OCH3 is 1. The van der Waals surface area contributed by atoms with Gasteiger partial charge in [0.05, 0.1) is 12.7 Å². The molecule has 192 valence electrons. The zero-order valence-electron chi connectivity index (χ0n) is 20.5. The summed E-state index contributed by atoms with van der Waals surface area (Å²) in [6, 6.07) is 24.0. The normalized spacial score (nSPS) is 15.6. The first kappa shape index (κ1) is 25.1. The minimum Gasteiger partial charge on any atom is -0.497 e. The van der Waals surface area contributed by atoms with E-state index in [2.05, 4.69) is 10.1 Å². The molecule has 0 bridgehead atoms. The molecule has 0 radical (unpaired) electrons. The number of fused-ring (bicyclic) bond motifs is 1. The second kappa shape index (κ2) is 11.7. The lowest BCUT2D eigenvalue weighted by Gasteiger charge is -2.20. The second-order valence-electron chi connectivity index (χ2n) is 8.06. The van der Waals surface area contributed by atoms with Gasteiger partial charge in [-0.3, -0.25) is 10.2 Å². The molecule has 0 unspecified atom stereocenters. The zero-order valence-corrected chi connectivity index (χ0v) is 21.3. The molecule has 10 heteroatoms. The molecule has 3 aromatic carbocycles. The molecule has 1 N–H and O–H groups in total. The summed E-state index contributed by atoms with van der Waals surface area (Å²) >= 11 is 1.22. The topological polar surface area (TPSA) is 106 Å². The Morgan fingerprint density at radius 2 is 1.55 bits per heavy atom. The van der Waals surface area contributed by atoms with Crippen LogP contribution in [0.4, 0.5) is 0 Å². The first-order valence-electron chi connectivity index (χ1n) is 11.8. The minimum absolute atomic E-state index is 0.0303. The van der Waals surface area contributed by atoms with Crippen LogP contribution in [0.5, 0.6) is 23.0 Å². The van der Waals surface area contributed by atoms with Crippen LogP contribution in [0.2, 0.25) is 0 Å². The number of carbonyl (C=O) groups excluding carboxylic acids is 1. The van der Waals surface area contributed by atoms with Crippen LogP contribution in [0.1, 0.15) is 5.56 Å². The van der Waals surface area contributed by atoms with Crippen molar-refractivity contribution >= 4 is 39.8 Å². The van der Waals surface area contributed by atoms with Gasteiger partial charge in [0, 0.05) is 6.07 Å². The van der Waals surface area contributed by atoms with Crippen molar-refractivity contribution in [3.05, 3.63) is 90.0 Å². The summed E-state index contributed by atoms with van der Waals surface area (Å²) < 4.78 is 22.3. The lowest BCUT2D eigenvalue weighted by molar-refractivity contribution is -0.114. The van der Waals surface area contributed by atoms with Crippen LogP contribution in [0.15, 0.2) is 94.5 Å². The molecule has 0 saturated carbocycles. The molecule has 0 saturated heterocycles. The quantitative estimate of drug-likeness (QED) is 0.296. The number of rotatable bonds is 10. The molecule has 0 aliphatic carbocycles. The summed E-state index contributed by atoms with van der Waals surface area (Å²) in [6.07, 6.45) is 1.62. The van der Waals surface area contributed by atoms with Gasteiger partial charge < -0.3 is 18.9 Å². The van der Waals surface area contributed by atoms with Gasteiger partial charge in [0.15, 0.2) is 5.84 Å². The number of ether oxygens (including phenoxy) is 4. The molecule has 2 aliphatic heterocycles. The molecule has 3 aromatic rings. The summed E-state index contributed by atoms with van der Waals surface area (Å²) in [5, 5.41) is 15.3. The Hall–Kier alpha value is -4.57. The predicted octanol–water partition coefficient (Wildman–Crippen LogP) is 4.85. The van der Waals surface area contributed by atoms with Crippen LogP contribution in [-0.4, -0.2) is 53.9 Å². The lowest BCUT2D eigenvalue weighted by atomic mass is 10.1. The molecule has 1 amide bonds. The molecule has 0 spiro atoms. The number of amidine groups is 2. The van der Waals surface area contributed by atoms with Crippen molar-refractivity contribution in [2.45, 2.75) is 0 Å². The minimum atomic E-state index is -0.482. The van der Waals surface area contributed by atoms with Gasteiger partial charge in [-0.15, -0.1) is 0 Å². The van der Waals surface area contributed by atoms with Gasteiger partial charge in [-0.1, -0.05) is 36.4 Å². The third-order valence-corrected chi connectivity index (χ3v) is 6.34. The number of hydrazone groups is 1. The van der Waals surface area contributed by atoms with E-state index in [-0.39, 0.29) is 18.0 Å². The molecule has 0 atom stereocenters. The Balaban J connectivity index is 1.16. The number of nitrogens with one attached hydrogen (secondary N) is 1. The highest BCUT2D eigenvalue weighted by molar-refractivity contribution is 8.27. The van der Waals surface area contributed by atoms with Gasteiger partial charge >= 0.3 is 0 Å². The van der Waals surface area contributed by atoms with E-state index in [1.54, 1.807) is 25.3 Å². The van der Waals surface area contributed by atoms with Gasteiger partial charge in [0.1, 0.15) is 47.9 Å². The third-order valence-electron chi connectivity index (χ3n) is 5.45. The van der Waals surface area contributed by atoms with Crippen LogP contribution in [-0.2, 0) is 4.79 Å². The number of hydrogen-bond donors (Lipinski definition) is 1. The van der Waals surface area contributed by atoms with Gasteiger partial charge in [-0.2, -0.15) is 15.1 Å². The highest BCUT2D eigenvalue weighted by Gasteiger charge is 2.35. The average molecular weight is 529 g/mol. The second-order valence-corrected chi connectivity index (χ2v) is 9.10. The average Bonchev–Trinajstić information content (AvgIpc) is 3.36. The van der Waals surface area contributed by atoms with E-state index in [1.807, 2.05) is 66.7 Å². The smallest absolute Gasteiger partial charge is 0.283 e. The fourth-order valence-electron chi connectivity index (χ4n) is 3.59. The summed E-state index contributed by atoms with van der Waals surface area (Å²) in [5.74, 6) is 2.30. The van der Waals surface area contributed by atoms with Crippen molar-refractivity contribution in [1.82, 2.24) is 5.01 Å². The van der Waals surface area contributed by atoms with E-state index in [4.69, 9.17) is 24.4 Å². The Labute approximate surface area is 223 Å². The van der Waals surface area contributed by atoms with Crippen LogP contribution >= 0.6 is 11.8 Å². The predicted molar refractivity (Wildman–Crippen MR) is 147 cm³/mol. The SMILES string of the molecule is COc1cccc(OCCOc2ccc(/C=C3/C(=N)N4N=C(COc5ccccc5)SC4=NC3=O)cc2)c1. The molecule has 0 fully saturated rings. The van der Waals surface area contributed by atoms with Gasteiger partial charge in [0.2, 0.25) is 5.17 Å². The van der Waals surface area contributed by atoms with E-state index in [1.165, 1.54) is 16.8 Å². The largest absolute Gasteiger partial charge is 0.497 e. The number of thioether (sulfide) groups is 1. The zero-order chi connectivity index (χ0) is 26.3. The molecular formula is C28H24N4O5S. The maximum Gasteiger partial charge on any atom is 0.283 e. The van der Waals surface area contributed by atoms with Crippen molar-refractivity contribution in [3.8, 4) is 23.0 Å². The van der Waals surface area contributed by atoms with Gasteiger partial charge in [0.25, 0.3) is 5.91 Å². The standard InChI is InChI=1S/C28H24N4O5S/c1-34-22-8-5-9-23(17-22)36-15-14-35-21-12-10-19(11-13-21)16-24-26(29)32-28(30-27(24)33)38-25(31-32)18-37-20-6-3-2-4-7-20/h2-13,16-17,29H,14-15,18H2,1H3/b24-16-,29-26?. The maximum atomic E-state index is 12.7. The number of nitrogens with zero attached hydrogens (tertiary/aromatic N) is 3. The highest BCUT2D eigenvalue weighted by atomic mass is 32.2. The third kappa shape index (κ3) is 6.04. The van der Waals surface area contributed by atoms with Gasteiger partial charge in [-0.25, -0.2) is 0 Å². The number of para-hydroxylation sites is 1. The Morgan fingerprint density at radius 3 is 2.32 bits per heavy atom. The van der Waals surface area contributed by atoms with Crippen molar-refractivity contribution in [1.29, 1.82) is 5.41 Å². The fourth-order valence-corrected chi connectivity index (χ4v) is 4.39. The highest BCUT2D eigenvalue weighted by Crippen LogP contribution is 2.29. The van der Waals surface area contributed by atoms with E-state index in [9.17, 15) is 4.79 Å². The van der Waals surface area contributed by atoms with Gasteiger partial charge in [-0.05, 0) is 59.8 Å². The van der Waals surface area contributed by atoms with Crippen LogP contribution < -0.4 is 18.9 Å². The molecule has 2 heterocycles. The van der Waals surface area contributed by atoms with Crippen molar-refractivity contribution < 1.29 is 23.7 Å². The fraction of sp³-hybridized carbons (Fsp3) is 0.143. The van der Waals surface area contributed by atoms with Crippen LogP contribution in [0.3, 0.4) is 0 Å². The summed E-state index contributed by atoms with van der Waals surface area (Å²) in [7, 11) is 1.61. The molecule has 2 aliphatic rings. The van der Waals surface area contributed by atoms with Crippen molar-refractivity contribution in [2.24, 2.45) is 10.1 Å². The van der Waals surface area contributed by atoms with Crippen LogP contribution in [0.25, 0.3) is 6.08 Å².